The Morgan fingerprint density at radius 2 is 2.08 bits per heavy atom. The SMILES string of the molecule is C[C@@H]1CNCCN1C(=O)c1ccc(Oc2cccc(Cl)c2Cl)nn1.Cl. The molecule has 0 bridgehead atoms. The molecule has 1 aliphatic rings. The molecular formula is C16H17Cl3N4O2. The lowest BCUT2D eigenvalue weighted by Gasteiger charge is -2.33. The summed E-state index contributed by atoms with van der Waals surface area (Å²) in [6, 6.07) is 8.37. The highest BCUT2D eigenvalue weighted by Crippen LogP contribution is 2.33. The van der Waals surface area contributed by atoms with E-state index in [-0.39, 0.29) is 35.9 Å². The molecule has 2 aromatic rings. The van der Waals surface area contributed by atoms with Crippen molar-refractivity contribution < 1.29 is 9.53 Å². The van der Waals surface area contributed by atoms with E-state index < -0.39 is 0 Å². The minimum atomic E-state index is -0.135. The van der Waals surface area contributed by atoms with Gasteiger partial charge in [-0.2, -0.15) is 0 Å². The van der Waals surface area contributed by atoms with Gasteiger partial charge in [0.2, 0.25) is 5.88 Å². The summed E-state index contributed by atoms with van der Waals surface area (Å²) in [5.74, 6) is 0.487. The van der Waals surface area contributed by atoms with Gasteiger partial charge in [-0.25, -0.2) is 0 Å². The van der Waals surface area contributed by atoms with Gasteiger partial charge >= 0.3 is 0 Å². The lowest BCUT2D eigenvalue weighted by molar-refractivity contribution is 0.0648. The molecule has 1 aromatic heterocycles. The first kappa shape index (κ1) is 19.7. The molecule has 1 fully saturated rings. The first-order valence-corrected chi connectivity index (χ1v) is 8.29. The van der Waals surface area contributed by atoms with E-state index in [0.717, 1.165) is 13.1 Å². The summed E-state index contributed by atoms with van der Waals surface area (Å²) in [6.45, 7) is 4.19. The highest BCUT2D eigenvalue weighted by atomic mass is 35.5. The van der Waals surface area contributed by atoms with Gasteiger partial charge in [-0.05, 0) is 25.1 Å². The second kappa shape index (κ2) is 8.67. The van der Waals surface area contributed by atoms with E-state index >= 15 is 0 Å². The molecule has 0 aliphatic carbocycles. The summed E-state index contributed by atoms with van der Waals surface area (Å²) in [6.07, 6.45) is 0. The fraction of sp³-hybridized carbons (Fsp3) is 0.312. The zero-order valence-electron chi connectivity index (χ0n) is 13.4. The summed E-state index contributed by atoms with van der Waals surface area (Å²) >= 11 is 12.0. The number of amides is 1. The molecule has 0 radical (unpaired) electrons. The minimum absolute atomic E-state index is 0. The molecule has 1 atom stereocenters. The minimum Gasteiger partial charge on any atom is -0.436 e. The van der Waals surface area contributed by atoms with Gasteiger partial charge in [-0.3, -0.25) is 4.79 Å². The van der Waals surface area contributed by atoms with Crippen LogP contribution in [0.3, 0.4) is 0 Å². The van der Waals surface area contributed by atoms with Crippen LogP contribution in [0.4, 0.5) is 0 Å². The van der Waals surface area contributed by atoms with Gasteiger partial charge < -0.3 is 15.0 Å². The Morgan fingerprint density at radius 3 is 2.76 bits per heavy atom. The van der Waals surface area contributed by atoms with Crippen LogP contribution in [0.1, 0.15) is 17.4 Å². The third kappa shape index (κ3) is 4.52. The number of halogens is 3. The van der Waals surface area contributed by atoms with Crippen LogP contribution in [-0.2, 0) is 0 Å². The standard InChI is InChI=1S/C16H16Cl2N4O2.ClH/c1-10-9-19-7-8-22(10)16(23)12-5-6-14(21-20-12)24-13-4-2-3-11(17)15(13)18;/h2-6,10,19H,7-9H2,1H3;1H/t10-;/m1./s1. The number of carbonyl (C=O) groups is 1. The van der Waals surface area contributed by atoms with Crippen molar-refractivity contribution in [2.24, 2.45) is 0 Å². The number of hydrogen-bond acceptors (Lipinski definition) is 5. The van der Waals surface area contributed by atoms with Crippen molar-refractivity contribution >= 4 is 41.5 Å². The van der Waals surface area contributed by atoms with E-state index in [1.54, 1.807) is 35.2 Å². The van der Waals surface area contributed by atoms with Crippen molar-refractivity contribution in [1.82, 2.24) is 20.4 Å². The van der Waals surface area contributed by atoms with Crippen molar-refractivity contribution in [3.8, 4) is 11.6 Å². The largest absolute Gasteiger partial charge is 0.436 e. The number of carbonyl (C=O) groups excluding carboxylic acids is 1. The van der Waals surface area contributed by atoms with E-state index in [1.807, 2.05) is 6.92 Å². The van der Waals surface area contributed by atoms with Crippen LogP contribution in [0.15, 0.2) is 30.3 Å². The molecule has 0 unspecified atom stereocenters. The number of ether oxygens (including phenoxy) is 1. The Hall–Kier alpha value is -1.60. The van der Waals surface area contributed by atoms with Crippen LogP contribution in [0, 0.1) is 0 Å². The number of nitrogens with zero attached hydrogens (tertiary/aromatic N) is 3. The van der Waals surface area contributed by atoms with Crippen molar-refractivity contribution in [3.05, 3.63) is 46.1 Å². The number of nitrogens with one attached hydrogen (secondary N) is 1. The van der Waals surface area contributed by atoms with Crippen molar-refractivity contribution in [2.75, 3.05) is 19.6 Å². The molecule has 6 nitrogen and oxygen atoms in total. The van der Waals surface area contributed by atoms with Gasteiger partial charge in [0.25, 0.3) is 5.91 Å². The number of rotatable bonds is 3. The van der Waals surface area contributed by atoms with Gasteiger partial charge in [0.05, 0.1) is 5.02 Å². The number of benzene rings is 1. The van der Waals surface area contributed by atoms with Gasteiger partial charge in [0.15, 0.2) is 5.69 Å². The number of piperazine rings is 1. The predicted molar refractivity (Wildman–Crippen MR) is 99.2 cm³/mol. The molecule has 0 spiro atoms. The summed E-state index contributed by atoms with van der Waals surface area (Å²) in [5.41, 5.74) is 0.285. The zero-order chi connectivity index (χ0) is 17.1. The average Bonchev–Trinajstić information content (AvgIpc) is 2.59. The Morgan fingerprint density at radius 1 is 1.28 bits per heavy atom. The lowest BCUT2D eigenvalue weighted by Crippen LogP contribution is -2.52. The summed E-state index contributed by atoms with van der Waals surface area (Å²) in [7, 11) is 0. The van der Waals surface area contributed by atoms with Gasteiger partial charge in [0, 0.05) is 31.7 Å². The van der Waals surface area contributed by atoms with Crippen LogP contribution in [0.25, 0.3) is 0 Å². The summed E-state index contributed by atoms with van der Waals surface area (Å²) in [5, 5.41) is 11.9. The van der Waals surface area contributed by atoms with Crippen molar-refractivity contribution in [2.45, 2.75) is 13.0 Å². The maximum atomic E-state index is 12.5. The summed E-state index contributed by atoms with van der Waals surface area (Å²) < 4.78 is 5.57. The van der Waals surface area contributed by atoms with Crippen molar-refractivity contribution in [3.63, 3.8) is 0 Å². The predicted octanol–water partition coefficient (Wildman–Crippen LogP) is 3.43. The maximum Gasteiger partial charge on any atom is 0.274 e. The quantitative estimate of drug-likeness (QED) is 0.850. The smallest absolute Gasteiger partial charge is 0.274 e. The van der Waals surface area contributed by atoms with Crippen LogP contribution in [-0.4, -0.2) is 46.7 Å². The Labute approximate surface area is 161 Å². The normalized spacial score (nSPS) is 16.9. The molecule has 1 amide bonds. The molecule has 134 valence electrons. The first-order chi connectivity index (χ1) is 11.6. The van der Waals surface area contributed by atoms with Crippen molar-refractivity contribution in [1.29, 1.82) is 0 Å². The number of aromatic nitrogens is 2. The molecule has 1 aliphatic heterocycles. The fourth-order valence-corrected chi connectivity index (χ4v) is 2.78. The molecule has 1 saturated heterocycles. The maximum absolute atomic E-state index is 12.5. The lowest BCUT2D eigenvalue weighted by atomic mass is 10.2. The van der Waals surface area contributed by atoms with E-state index in [4.69, 9.17) is 27.9 Å². The topological polar surface area (TPSA) is 67.4 Å². The number of hydrogen-bond donors (Lipinski definition) is 1. The van der Waals surface area contributed by atoms with Gasteiger partial charge in [0.1, 0.15) is 10.8 Å². The molecule has 2 heterocycles. The van der Waals surface area contributed by atoms with E-state index in [1.165, 1.54) is 0 Å². The third-order valence-electron chi connectivity index (χ3n) is 3.75. The highest BCUT2D eigenvalue weighted by molar-refractivity contribution is 6.42. The van der Waals surface area contributed by atoms with E-state index in [9.17, 15) is 4.79 Å². The Kier molecular flexibility index (Phi) is 6.84. The second-order valence-corrected chi connectivity index (χ2v) is 6.25. The van der Waals surface area contributed by atoms with E-state index in [2.05, 4.69) is 15.5 Å². The van der Waals surface area contributed by atoms with E-state index in [0.29, 0.717) is 22.3 Å². The molecule has 0 saturated carbocycles. The van der Waals surface area contributed by atoms with Crippen LogP contribution < -0.4 is 10.1 Å². The fourth-order valence-electron chi connectivity index (χ4n) is 2.45. The Balaban J connectivity index is 0.00000225. The van der Waals surface area contributed by atoms with Crippen LogP contribution in [0.2, 0.25) is 10.0 Å². The zero-order valence-corrected chi connectivity index (χ0v) is 15.7. The third-order valence-corrected chi connectivity index (χ3v) is 4.55. The molecule has 3 rings (SSSR count). The Bertz CT molecular complexity index is 743. The molecule has 25 heavy (non-hydrogen) atoms. The monoisotopic (exact) mass is 402 g/mol. The molecular weight excluding hydrogens is 387 g/mol. The molecule has 1 aromatic carbocycles. The van der Waals surface area contributed by atoms with Gasteiger partial charge in [-0.15, -0.1) is 22.6 Å². The average molecular weight is 404 g/mol. The summed E-state index contributed by atoms with van der Waals surface area (Å²) in [4.78, 5) is 14.3. The van der Waals surface area contributed by atoms with Gasteiger partial charge in [-0.1, -0.05) is 29.3 Å². The van der Waals surface area contributed by atoms with Crippen LogP contribution in [0.5, 0.6) is 11.6 Å². The highest BCUT2D eigenvalue weighted by Gasteiger charge is 2.25. The molecule has 1 N–H and O–H groups in total. The van der Waals surface area contributed by atoms with Crippen LogP contribution >= 0.6 is 35.6 Å². The molecule has 9 heteroatoms. The second-order valence-electron chi connectivity index (χ2n) is 5.46. The first-order valence-electron chi connectivity index (χ1n) is 7.53.